The van der Waals surface area contributed by atoms with E-state index in [1.165, 1.54) is 17.7 Å². The Kier molecular flexibility index (Phi) is 6.49. The summed E-state index contributed by atoms with van der Waals surface area (Å²) < 4.78 is 5.66. The normalized spacial score (nSPS) is 23.3. The molecule has 0 bridgehead atoms. The van der Waals surface area contributed by atoms with Crippen LogP contribution in [-0.2, 0) is 9.53 Å². The van der Waals surface area contributed by atoms with Gasteiger partial charge in [0.25, 0.3) is 5.91 Å². The van der Waals surface area contributed by atoms with E-state index in [0.717, 1.165) is 44.9 Å². The van der Waals surface area contributed by atoms with Crippen molar-refractivity contribution in [2.24, 2.45) is 5.92 Å². The number of carbonyl (C=O) groups excluding carboxylic acids is 1. The summed E-state index contributed by atoms with van der Waals surface area (Å²) in [4.78, 5) is 16.8. The van der Waals surface area contributed by atoms with Crippen molar-refractivity contribution in [1.82, 2.24) is 15.5 Å². The molecular formula is C19H31N3O2S. The largest absolute Gasteiger partial charge is 0.368 e. The van der Waals surface area contributed by atoms with Gasteiger partial charge < -0.3 is 15.4 Å². The van der Waals surface area contributed by atoms with Gasteiger partial charge in [0.2, 0.25) is 0 Å². The number of thiophene rings is 1. The number of ether oxygens (including phenoxy) is 1. The van der Waals surface area contributed by atoms with E-state index in [-0.39, 0.29) is 11.9 Å². The number of nitrogens with zero attached hydrogens (tertiary/aromatic N) is 1. The molecule has 1 atom stereocenters. The Morgan fingerprint density at radius 1 is 1.44 bits per heavy atom. The summed E-state index contributed by atoms with van der Waals surface area (Å²) in [6.45, 7) is 6.88. The lowest BCUT2D eigenvalue weighted by molar-refractivity contribution is -0.147. The van der Waals surface area contributed by atoms with Gasteiger partial charge in [0.15, 0.2) is 0 Å². The van der Waals surface area contributed by atoms with Gasteiger partial charge in [-0.2, -0.15) is 0 Å². The highest BCUT2D eigenvalue weighted by atomic mass is 32.1. The van der Waals surface area contributed by atoms with Crippen LogP contribution in [0.4, 0.5) is 0 Å². The monoisotopic (exact) mass is 365 g/mol. The molecule has 0 aliphatic carbocycles. The molecule has 0 radical (unpaired) electrons. The second-order valence-electron chi connectivity index (χ2n) is 7.41. The number of rotatable bonds is 6. The van der Waals surface area contributed by atoms with E-state index in [4.69, 9.17) is 4.74 Å². The van der Waals surface area contributed by atoms with Crippen LogP contribution in [0.2, 0.25) is 0 Å². The second kappa shape index (κ2) is 8.62. The van der Waals surface area contributed by atoms with Gasteiger partial charge in [-0.05, 0) is 69.2 Å². The molecule has 1 aromatic rings. The number of methoxy groups -OCH3 is 1. The number of amides is 1. The Morgan fingerprint density at radius 2 is 2.16 bits per heavy atom. The van der Waals surface area contributed by atoms with Gasteiger partial charge in [0.1, 0.15) is 5.60 Å². The molecule has 2 aliphatic rings. The Bertz CT molecular complexity index is 535. The predicted octanol–water partition coefficient (Wildman–Crippen LogP) is 2.41. The van der Waals surface area contributed by atoms with Crippen LogP contribution >= 0.6 is 11.3 Å². The van der Waals surface area contributed by atoms with Gasteiger partial charge >= 0.3 is 0 Å². The zero-order chi connectivity index (χ0) is 17.7. The molecule has 1 unspecified atom stereocenters. The third-order valence-electron chi connectivity index (χ3n) is 5.80. The summed E-state index contributed by atoms with van der Waals surface area (Å²) in [5.74, 6) is 0.852. The van der Waals surface area contributed by atoms with E-state index in [1.54, 1.807) is 18.4 Å². The van der Waals surface area contributed by atoms with Gasteiger partial charge in [0, 0.05) is 18.5 Å². The van der Waals surface area contributed by atoms with E-state index >= 15 is 0 Å². The summed E-state index contributed by atoms with van der Waals surface area (Å²) in [6.07, 6.45) is 3.95. The lowest BCUT2D eigenvalue weighted by Gasteiger charge is -2.38. The first-order valence-corrected chi connectivity index (χ1v) is 10.3. The summed E-state index contributed by atoms with van der Waals surface area (Å²) in [5, 5.41) is 8.64. The molecule has 3 heterocycles. The molecule has 6 heteroatoms. The number of hydrogen-bond acceptors (Lipinski definition) is 5. The maximum atomic E-state index is 12.9. The average Bonchev–Trinajstić information content (AvgIpc) is 3.18. The topological polar surface area (TPSA) is 53.6 Å². The smallest absolute Gasteiger partial charge is 0.252 e. The van der Waals surface area contributed by atoms with Crippen molar-refractivity contribution in [3.05, 3.63) is 22.4 Å². The minimum Gasteiger partial charge on any atom is -0.368 e. The molecule has 3 rings (SSSR count). The SMILES string of the molecule is COC1(C(=O)NCC(c2cccs2)N2CCC(C)CC2)CCNCC1. The molecule has 2 aliphatic heterocycles. The predicted molar refractivity (Wildman–Crippen MR) is 102 cm³/mol. The van der Waals surface area contributed by atoms with E-state index in [1.807, 2.05) is 0 Å². The highest BCUT2D eigenvalue weighted by Crippen LogP contribution is 2.30. The van der Waals surface area contributed by atoms with Crippen LogP contribution in [-0.4, -0.2) is 56.2 Å². The zero-order valence-electron chi connectivity index (χ0n) is 15.4. The van der Waals surface area contributed by atoms with Crippen molar-refractivity contribution in [2.45, 2.75) is 44.2 Å². The molecule has 0 spiro atoms. The molecule has 2 saturated heterocycles. The van der Waals surface area contributed by atoms with Gasteiger partial charge in [-0.15, -0.1) is 11.3 Å². The van der Waals surface area contributed by atoms with E-state index in [2.05, 4.69) is 40.0 Å². The summed E-state index contributed by atoms with van der Waals surface area (Å²) in [7, 11) is 1.66. The van der Waals surface area contributed by atoms with Crippen LogP contribution in [0, 0.1) is 5.92 Å². The van der Waals surface area contributed by atoms with Gasteiger partial charge in [-0.25, -0.2) is 0 Å². The molecule has 5 nitrogen and oxygen atoms in total. The fourth-order valence-electron chi connectivity index (χ4n) is 3.94. The minimum absolute atomic E-state index is 0.0448. The molecule has 140 valence electrons. The maximum Gasteiger partial charge on any atom is 0.252 e. The quantitative estimate of drug-likeness (QED) is 0.813. The average molecular weight is 366 g/mol. The molecule has 2 fully saturated rings. The highest BCUT2D eigenvalue weighted by Gasteiger charge is 2.40. The van der Waals surface area contributed by atoms with Crippen molar-refractivity contribution in [3.63, 3.8) is 0 Å². The minimum atomic E-state index is -0.665. The van der Waals surface area contributed by atoms with Gasteiger partial charge in [-0.3, -0.25) is 9.69 Å². The number of piperidine rings is 2. The van der Waals surface area contributed by atoms with E-state index < -0.39 is 5.60 Å². The second-order valence-corrected chi connectivity index (χ2v) is 8.39. The molecule has 0 saturated carbocycles. The van der Waals surface area contributed by atoms with Crippen molar-refractivity contribution >= 4 is 17.2 Å². The van der Waals surface area contributed by atoms with Crippen molar-refractivity contribution in [2.75, 3.05) is 39.8 Å². The van der Waals surface area contributed by atoms with Crippen molar-refractivity contribution < 1.29 is 9.53 Å². The molecule has 0 aromatic carbocycles. The lowest BCUT2D eigenvalue weighted by Crippen LogP contribution is -2.55. The third-order valence-corrected chi connectivity index (χ3v) is 6.78. The standard InChI is InChI=1S/C19H31N3O2S/c1-15-5-11-22(12-6-15)16(17-4-3-13-25-17)14-21-18(23)19(24-2)7-9-20-10-8-19/h3-4,13,15-16,20H,5-12,14H2,1-2H3,(H,21,23). The Morgan fingerprint density at radius 3 is 2.76 bits per heavy atom. The number of nitrogens with one attached hydrogen (secondary N) is 2. The van der Waals surface area contributed by atoms with Crippen LogP contribution in [0.3, 0.4) is 0 Å². The van der Waals surface area contributed by atoms with E-state index in [0.29, 0.717) is 6.54 Å². The lowest BCUT2D eigenvalue weighted by atomic mass is 9.91. The number of likely N-dealkylation sites (tertiary alicyclic amines) is 1. The highest BCUT2D eigenvalue weighted by molar-refractivity contribution is 7.10. The molecule has 2 N–H and O–H groups in total. The Balaban J connectivity index is 1.65. The van der Waals surface area contributed by atoms with Gasteiger partial charge in [-0.1, -0.05) is 13.0 Å². The zero-order valence-corrected chi connectivity index (χ0v) is 16.2. The molecule has 25 heavy (non-hydrogen) atoms. The maximum absolute atomic E-state index is 12.9. The first-order chi connectivity index (χ1) is 12.1. The third kappa shape index (κ3) is 4.42. The summed E-state index contributed by atoms with van der Waals surface area (Å²) in [5.41, 5.74) is -0.665. The molecular weight excluding hydrogens is 334 g/mol. The number of carbonyl (C=O) groups is 1. The number of hydrogen-bond donors (Lipinski definition) is 2. The molecule has 1 aromatic heterocycles. The van der Waals surface area contributed by atoms with Gasteiger partial charge in [0.05, 0.1) is 6.04 Å². The van der Waals surface area contributed by atoms with Crippen molar-refractivity contribution in [1.29, 1.82) is 0 Å². The Labute approximate surface area is 155 Å². The first-order valence-electron chi connectivity index (χ1n) is 9.46. The van der Waals surface area contributed by atoms with E-state index in [9.17, 15) is 4.79 Å². The van der Waals surface area contributed by atoms with Crippen molar-refractivity contribution in [3.8, 4) is 0 Å². The Hall–Kier alpha value is -0.950. The van der Waals surface area contributed by atoms with Crippen LogP contribution in [0.25, 0.3) is 0 Å². The molecule has 1 amide bonds. The first kappa shape index (κ1) is 18.8. The summed E-state index contributed by atoms with van der Waals surface area (Å²) >= 11 is 1.78. The van der Waals surface area contributed by atoms with Crippen LogP contribution in [0.5, 0.6) is 0 Å². The fourth-order valence-corrected chi connectivity index (χ4v) is 4.80. The van der Waals surface area contributed by atoms with Crippen LogP contribution < -0.4 is 10.6 Å². The van der Waals surface area contributed by atoms with Crippen LogP contribution in [0.1, 0.15) is 43.5 Å². The summed E-state index contributed by atoms with van der Waals surface area (Å²) in [6, 6.07) is 4.56. The fraction of sp³-hybridized carbons (Fsp3) is 0.737. The van der Waals surface area contributed by atoms with Crippen LogP contribution in [0.15, 0.2) is 17.5 Å².